The van der Waals surface area contributed by atoms with Gasteiger partial charge in [0.2, 0.25) is 23.6 Å². The molecule has 6 atom stereocenters. The van der Waals surface area contributed by atoms with Gasteiger partial charge < -0.3 is 27.0 Å². The van der Waals surface area contributed by atoms with Crippen molar-refractivity contribution >= 4 is 36.0 Å². The molecule has 10 heteroatoms. The molecule has 3 aliphatic rings. The normalized spacial score (nSPS) is 30.5. The molecule has 176 valence electrons. The van der Waals surface area contributed by atoms with E-state index in [2.05, 4.69) is 24.5 Å². The number of nitrogens with one attached hydrogen (secondary N) is 2. The summed E-state index contributed by atoms with van der Waals surface area (Å²) in [7, 11) is 0. The van der Waals surface area contributed by atoms with Crippen molar-refractivity contribution in [3.8, 4) is 0 Å². The van der Waals surface area contributed by atoms with Crippen molar-refractivity contribution in [3.63, 3.8) is 0 Å². The van der Waals surface area contributed by atoms with Crippen LogP contribution in [0.3, 0.4) is 0 Å². The van der Waals surface area contributed by atoms with Crippen molar-refractivity contribution in [2.75, 3.05) is 13.1 Å². The molecule has 31 heavy (non-hydrogen) atoms. The number of amides is 4. The third kappa shape index (κ3) is 4.67. The van der Waals surface area contributed by atoms with Gasteiger partial charge >= 0.3 is 0 Å². The van der Waals surface area contributed by atoms with E-state index in [1.54, 1.807) is 4.90 Å². The standard InChI is InChI=1S/C21H35N5O4.ClH/c1-20(2,3)15(22)19(30)26-9-11-13(21(11,4)5)14(26)18(29)25-12(16(23)27)8-10-6-7-24-17(10)28;/h10-15H,6-9,22H2,1-5H3,(H2,23,27)(H,24,28)(H,25,29);1H/t10-,11-,12-,13-,14-,15+;/m0./s1. The zero-order valence-corrected chi connectivity index (χ0v) is 19.8. The van der Waals surface area contributed by atoms with Crippen molar-refractivity contribution in [2.24, 2.45) is 40.1 Å². The fraction of sp³-hybridized carbons (Fsp3) is 0.810. The van der Waals surface area contributed by atoms with Gasteiger partial charge in [0.05, 0.1) is 6.04 Å². The topological polar surface area (TPSA) is 148 Å². The van der Waals surface area contributed by atoms with Crippen molar-refractivity contribution < 1.29 is 19.2 Å². The zero-order valence-electron chi connectivity index (χ0n) is 18.9. The Kier molecular flexibility index (Phi) is 7.03. The summed E-state index contributed by atoms with van der Waals surface area (Å²) in [5.41, 5.74) is 11.2. The van der Waals surface area contributed by atoms with E-state index in [1.165, 1.54) is 0 Å². The van der Waals surface area contributed by atoms with E-state index < -0.39 is 35.4 Å². The van der Waals surface area contributed by atoms with E-state index in [4.69, 9.17) is 11.5 Å². The van der Waals surface area contributed by atoms with E-state index in [0.717, 1.165) is 0 Å². The number of hydrogen-bond donors (Lipinski definition) is 4. The van der Waals surface area contributed by atoms with Gasteiger partial charge in [-0.25, -0.2) is 0 Å². The van der Waals surface area contributed by atoms with Gasteiger partial charge in [-0.3, -0.25) is 19.2 Å². The zero-order chi connectivity index (χ0) is 22.6. The first-order valence-corrected chi connectivity index (χ1v) is 10.7. The number of nitrogens with two attached hydrogens (primary N) is 2. The molecule has 0 aromatic rings. The summed E-state index contributed by atoms with van der Waals surface area (Å²) in [4.78, 5) is 51.8. The fourth-order valence-electron chi connectivity index (χ4n) is 5.02. The Balaban J connectivity index is 0.00000341. The van der Waals surface area contributed by atoms with Gasteiger partial charge in [0, 0.05) is 19.0 Å². The molecular formula is C21H36ClN5O4. The summed E-state index contributed by atoms with van der Waals surface area (Å²) in [6, 6.07) is -2.38. The van der Waals surface area contributed by atoms with Crippen molar-refractivity contribution in [3.05, 3.63) is 0 Å². The number of halogens is 1. The Morgan fingerprint density at radius 2 is 1.90 bits per heavy atom. The minimum Gasteiger partial charge on any atom is -0.368 e. The average molecular weight is 458 g/mol. The van der Waals surface area contributed by atoms with E-state index in [0.29, 0.717) is 19.5 Å². The lowest BCUT2D eigenvalue weighted by Crippen LogP contribution is -2.59. The molecule has 3 rings (SSSR count). The second kappa shape index (κ2) is 8.58. The Bertz CT molecular complexity index is 765. The van der Waals surface area contributed by atoms with Crippen LogP contribution >= 0.6 is 12.4 Å². The first-order chi connectivity index (χ1) is 13.8. The van der Waals surface area contributed by atoms with Gasteiger partial charge in [-0.1, -0.05) is 34.6 Å². The molecule has 0 aromatic heterocycles. The molecule has 1 aliphatic carbocycles. The quantitative estimate of drug-likeness (QED) is 0.434. The number of carbonyl (C=O) groups is 4. The molecule has 0 aromatic carbocycles. The third-order valence-corrected chi connectivity index (χ3v) is 7.30. The predicted molar refractivity (Wildman–Crippen MR) is 118 cm³/mol. The van der Waals surface area contributed by atoms with E-state index >= 15 is 0 Å². The van der Waals surface area contributed by atoms with Crippen LogP contribution in [0.15, 0.2) is 0 Å². The van der Waals surface area contributed by atoms with Gasteiger partial charge in [0.1, 0.15) is 12.1 Å². The van der Waals surface area contributed by atoms with Crippen LogP contribution in [-0.2, 0) is 19.2 Å². The number of carbonyl (C=O) groups excluding carboxylic acids is 4. The summed E-state index contributed by atoms with van der Waals surface area (Å²) >= 11 is 0. The lowest BCUT2D eigenvalue weighted by atomic mass is 9.86. The molecule has 9 nitrogen and oxygen atoms in total. The molecule has 0 bridgehead atoms. The molecular weight excluding hydrogens is 422 g/mol. The van der Waals surface area contributed by atoms with Crippen LogP contribution in [0, 0.1) is 28.6 Å². The molecule has 6 N–H and O–H groups in total. The number of piperidine rings is 1. The number of hydrogen-bond acceptors (Lipinski definition) is 5. The first-order valence-electron chi connectivity index (χ1n) is 10.7. The van der Waals surface area contributed by atoms with Crippen LogP contribution in [0.2, 0.25) is 0 Å². The van der Waals surface area contributed by atoms with Gasteiger partial charge in [0.25, 0.3) is 0 Å². The lowest BCUT2D eigenvalue weighted by Gasteiger charge is -2.36. The maximum absolute atomic E-state index is 13.3. The molecule has 4 amide bonds. The van der Waals surface area contributed by atoms with Crippen molar-refractivity contribution in [2.45, 2.75) is 65.6 Å². The SMILES string of the molecule is CC(C)(C)[C@H](N)C(=O)N1C[C@H]2[C@@H]([C@H]1C(=O)N[C@@H](C[C@@H]1CCNC1=O)C(N)=O)C2(C)C.Cl. The molecule has 2 aliphatic heterocycles. The van der Waals surface area contributed by atoms with Crippen molar-refractivity contribution in [1.29, 1.82) is 0 Å². The first kappa shape index (κ1) is 25.4. The maximum atomic E-state index is 13.3. The lowest BCUT2D eigenvalue weighted by molar-refractivity contribution is -0.143. The molecule has 3 fully saturated rings. The largest absolute Gasteiger partial charge is 0.368 e. The summed E-state index contributed by atoms with van der Waals surface area (Å²) in [6.45, 7) is 10.9. The minimum absolute atomic E-state index is 0. The van der Waals surface area contributed by atoms with Crippen LogP contribution < -0.4 is 22.1 Å². The van der Waals surface area contributed by atoms with E-state index in [1.807, 2.05) is 20.8 Å². The van der Waals surface area contributed by atoms with Gasteiger partial charge in [-0.05, 0) is 35.5 Å². The van der Waals surface area contributed by atoms with Crippen LogP contribution in [0.5, 0.6) is 0 Å². The highest BCUT2D eigenvalue weighted by molar-refractivity contribution is 5.94. The monoisotopic (exact) mass is 457 g/mol. The van der Waals surface area contributed by atoms with Crippen LogP contribution in [0.25, 0.3) is 0 Å². The average Bonchev–Trinajstić information content (AvgIpc) is 3.01. The second-order valence-electron chi connectivity index (χ2n) is 10.7. The Hall–Kier alpha value is -1.87. The smallest absolute Gasteiger partial charge is 0.243 e. The molecule has 2 saturated heterocycles. The third-order valence-electron chi connectivity index (χ3n) is 7.30. The Labute approximate surface area is 189 Å². The highest BCUT2D eigenvalue weighted by Gasteiger charge is 2.69. The van der Waals surface area contributed by atoms with Gasteiger partial charge in [-0.15, -0.1) is 12.4 Å². The second-order valence-corrected chi connectivity index (χ2v) is 10.7. The Morgan fingerprint density at radius 1 is 1.29 bits per heavy atom. The van der Waals surface area contributed by atoms with E-state index in [9.17, 15) is 19.2 Å². The number of likely N-dealkylation sites (tertiary alicyclic amines) is 1. The van der Waals surface area contributed by atoms with Crippen molar-refractivity contribution in [1.82, 2.24) is 15.5 Å². The number of fused-ring (bicyclic) bond motifs is 1. The maximum Gasteiger partial charge on any atom is 0.243 e. The summed E-state index contributed by atoms with van der Waals surface area (Å²) in [5.74, 6) is -1.59. The van der Waals surface area contributed by atoms with Gasteiger partial charge in [0.15, 0.2) is 0 Å². The number of rotatable bonds is 6. The summed E-state index contributed by atoms with van der Waals surface area (Å²) in [5, 5.41) is 5.46. The highest BCUT2D eigenvalue weighted by atomic mass is 35.5. The van der Waals surface area contributed by atoms with Gasteiger partial charge in [-0.2, -0.15) is 0 Å². The summed E-state index contributed by atoms with van der Waals surface area (Å²) < 4.78 is 0. The van der Waals surface area contributed by atoms with Crippen LogP contribution in [0.1, 0.15) is 47.5 Å². The Morgan fingerprint density at radius 3 is 2.39 bits per heavy atom. The molecule has 2 heterocycles. The minimum atomic E-state index is -0.958. The molecule has 0 unspecified atom stereocenters. The fourth-order valence-corrected chi connectivity index (χ4v) is 5.02. The predicted octanol–water partition coefficient (Wildman–Crippen LogP) is -0.239. The number of primary amides is 1. The number of nitrogens with zero attached hydrogens (tertiary/aromatic N) is 1. The molecule has 1 saturated carbocycles. The van der Waals surface area contributed by atoms with Crippen LogP contribution in [-0.4, -0.2) is 59.7 Å². The van der Waals surface area contributed by atoms with Crippen LogP contribution in [0.4, 0.5) is 0 Å². The van der Waals surface area contributed by atoms with E-state index in [-0.39, 0.29) is 53.8 Å². The highest BCUT2D eigenvalue weighted by Crippen LogP contribution is 2.65. The molecule has 0 spiro atoms. The summed E-state index contributed by atoms with van der Waals surface area (Å²) in [6.07, 6.45) is 0.761. The molecule has 0 radical (unpaired) electrons.